The summed E-state index contributed by atoms with van der Waals surface area (Å²) in [4.78, 5) is 12.5. The summed E-state index contributed by atoms with van der Waals surface area (Å²) in [6, 6.07) is 0. The second-order valence-electron chi connectivity index (χ2n) is 9.90. The van der Waals surface area contributed by atoms with Crippen molar-refractivity contribution >= 4 is 16.1 Å². The standard InChI is InChI=1S/C24H50N2O7S/c1-4-5-6-7-8-9-10-11-12-13-18-25-22(15-19-27)26(2,3)24(17-20-28,23(29)30)16-14-21-34(31,32)33/h22,25,27-28H,4-21H2,1-3H3,(H-,29,30,31,32,33)/p+1. The van der Waals surface area contributed by atoms with Crippen LogP contribution in [0.3, 0.4) is 0 Å². The molecular weight excluding hydrogens is 460 g/mol. The fourth-order valence-electron chi connectivity index (χ4n) is 4.85. The van der Waals surface area contributed by atoms with E-state index in [0.717, 1.165) is 19.3 Å². The average molecular weight is 512 g/mol. The smallest absolute Gasteiger partial charge is 0.365 e. The summed E-state index contributed by atoms with van der Waals surface area (Å²) in [6.45, 7) is 2.40. The van der Waals surface area contributed by atoms with Gasteiger partial charge in [0.1, 0.15) is 6.17 Å². The number of nitrogens with zero attached hydrogens (tertiary/aromatic N) is 1. The number of likely N-dealkylation sites (N-methyl/N-ethyl adjacent to an activating group) is 1. The van der Waals surface area contributed by atoms with Crippen molar-refractivity contribution in [2.75, 3.05) is 39.6 Å². The Morgan fingerprint density at radius 1 is 0.882 bits per heavy atom. The first kappa shape index (κ1) is 33.2. The first-order chi connectivity index (χ1) is 16.0. The molecule has 9 nitrogen and oxygen atoms in total. The lowest BCUT2D eigenvalue weighted by atomic mass is 9.85. The van der Waals surface area contributed by atoms with Crippen LogP contribution in [-0.2, 0) is 14.9 Å². The Kier molecular flexibility index (Phi) is 17.2. The van der Waals surface area contributed by atoms with Crippen LogP contribution in [0.2, 0.25) is 0 Å². The summed E-state index contributed by atoms with van der Waals surface area (Å²) >= 11 is 0. The van der Waals surface area contributed by atoms with Gasteiger partial charge in [-0.05, 0) is 12.8 Å². The van der Waals surface area contributed by atoms with Gasteiger partial charge >= 0.3 is 5.97 Å². The van der Waals surface area contributed by atoms with E-state index in [1.54, 1.807) is 14.1 Å². The van der Waals surface area contributed by atoms with Gasteiger partial charge in [0.25, 0.3) is 10.1 Å². The molecule has 0 aromatic heterocycles. The largest absolute Gasteiger partial charge is 0.477 e. The first-order valence-corrected chi connectivity index (χ1v) is 14.6. The van der Waals surface area contributed by atoms with Gasteiger partial charge in [-0.1, -0.05) is 64.7 Å². The second-order valence-corrected chi connectivity index (χ2v) is 11.5. The molecule has 5 N–H and O–H groups in total. The van der Waals surface area contributed by atoms with Gasteiger partial charge in [0.2, 0.25) is 0 Å². The molecular formula is C24H51N2O7S+. The highest BCUT2D eigenvalue weighted by atomic mass is 32.2. The van der Waals surface area contributed by atoms with E-state index in [9.17, 15) is 28.5 Å². The minimum Gasteiger partial charge on any atom is -0.477 e. The molecule has 2 atom stereocenters. The summed E-state index contributed by atoms with van der Waals surface area (Å²) < 4.78 is 31.3. The van der Waals surface area contributed by atoms with Gasteiger partial charge in [-0.3, -0.25) is 14.4 Å². The third-order valence-electron chi connectivity index (χ3n) is 7.11. The van der Waals surface area contributed by atoms with E-state index >= 15 is 0 Å². The van der Waals surface area contributed by atoms with Crippen LogP contribution in [0.15, 0.2) is 0 Å². The third-order valence-corrected chi connectivity index (χ3v) is 7.92. The summed E-state index contributed by atoms with van der Waals surface area (Å²) in [5.41, 5.74) is -1.47. The zero-order valence-corrected chi connectivity index (χ0v) is 22.5. The third kappa shape index (κ3) is 12.3. The van der Waals surface area contributed by atoms with Gasteiger partial charge in [0.05, 0.1) is 26.5 Å². The van der Waals surface area contributed by atoms with E-state index in [1.165, 1.54) is 44.9 Å². The molecule has 2 unspecified atom stereocenters. The molecule has 34 heavy (non-hydrogen) atoms. The van der Waals surface area contributed by atoms with Crippen LogP contribution in [0.1, 0.15) is 96.8 Å². The molecule has 0 aliphatic carbocycles. The maximum absolute atomic E-state index is 12.5. The Hall–Kier alpha value is -0.780. The molecule has 0 bridgehead atoms. The van der Waals surface area contributed by atoms with E-state index in [2.05, 4.69) is 12.2 Å². The van der Waals surface area contributed by atoms with Gasteiger partial charge < -0.3 is 15.3 Å². The Balaban J connectivity index is 4.94. The minimum atomic E-state index is -4.21. The number of aliphatic hydroxyl groups is 2. The van der Waals surface area contributed by atoms with Gasteiger partial charge in [-0.2, -0.15) is 8.42 Å². The Morgan fingerprint density at radius 2 is 1.41 bits per heavy atom. The second kappa shape index (κ2) is 17.6. The van der Waals surface area contributed by atoms with Crippen LogP contribution >= 0.6 is 0 Å². The van der Waals surface area contributed by atoms with Gasteiger partial charge in [-0.15, -0.1) is 0 Å². The van der Waals surface area contributed by atoms with Crippen LogP contribution in [0.25, 0.3) is 0 Å². The molecule has 0 heterocycles. The lowest BCUT2D eigenvalue weighted by Gasteiger charge is -2.50. The quantitative estimate of drug-likeness (QED) is 0.0609. The first-order valence-electron chi connectivity index (χ1n) is 13.0. The Labute approximate surface area is 207 Å². The molecule has 0 saturated carbocycles. The SMILES string of the molecule is CCCCCCCCCCCCNC(CCO)[N+](C)(C)C(CCO)(CCCS(=O)(=O)O)C(=O)O. The molecule has 0 rings (SSSR count). The zero-order valence-electron chi connectivity index (χ0n) is 21.7. The van der Waals surface area contributed by atoms with Gasteiger partial charge in [0.15, 0.2) is 5.54 Å². The van der Waals surface area contributed by atoms with E-state index in [-0.39, 0.29) is 37.0 Å². The fraction of sp³-hybridized carbons (Fsp3) is 0.958. The molecule has 0 amide bonds. The number of carbonyl (C=O) groups is 1. The van der Waals surface area contributed by atoms with Crippen molar-refractivity contribution in [1.29, 1.82) is 0 Å². The number of rotatable bonds is 23. The van der Waals surface area contributed by atoms with Crippen molar-refractivity contribution in [3.63, 3.8) is 0 Å². The predicted molar refractivity (Wildman–Crippen MR) is 135 cm³/mol. The molecule has 204 valence electrons. The molecule has 0 aromatic carbocycles. The van der Waals surface area contributed by atoms with Crippen molar-refractivity contribution in [2.24, 2.45) is 0 Å². The van der Waals surface area contributed by atoms with E-state index in [1.807, 2.05) is 0 Å². The lowest BCUT2D eigenvalue weighted by molar-refractivity contribution is -0.959. The molecule has 0 aromatic rings. The maximum atomic E-state index is 12.5. The highest BCUT2D eigenvalue weighted by Gasteiger charge is 2.55. The van der Waals surface area contributed by atoms with Crippen LogP contribution in [-0.4, -0.2) is 90.1 Å². The number of carboxylic acids is 1. The van der Waals surface area contributed by atoms with Crippen LogP contribution in [0, 0.1) is 0 Å². The summed E-state index contributed by atoms with van der Waals surface area (Å²) in [6.07, 6.45) is 12.0. The number of aliphatic carboxylic acids is 1. The van der Waals surface area contributed by atoms with E-state index in [0.29, 0.717) is 13.0 Å². The summed E-state index contributed by atoms with van der Waals surface area (Å²) in [5.74, 6) is -1.67. The summed E-state index contributed by atoms with van der Waals surface area (Å²) in [5, 5.41) is 32.9. The molecule has 10 heteroatoms. The van der Waals surface area contributed by atoms with Gasteiger partial charge in [0, 0.05) is 32.4 Å². The maximum Gasteiger partial charge on any atom is 0.365 e. The van der Waals surface area contributed by atoms with Crippen molar-refractivity contribution in [3.8, 4) is 0 Å². The minimum absolute atomic E-state index is 0.0302. The topological polar surface area (TPSA) is 144 Å². The average Bonchev–Trinajstić information content (AvgIpc) is 2.74. The van der Waals surface area contributed by atoms with Crippen molar-refractivity contribution in [1.82, 2.24) is 5.32 Å². The number of aliphatic hydroxyl groups excluding tert-OH is 2. The molecule has 0 spiro atoms. The molecule has 0 aliphatic rings. The van der Waals surface area contributed by atoms with Crippen LogP contribution < -0.4 is 5.32 Å². The summed E-state index contributed by atoms with van der Waals surface area (Å²) in [7, 11) is -0.736. The Bertz CT molecular complexity index is 643. The van der Waals surface area contributed by atoms with Crippen LogP contribution in [0.4, 0.5) is 0 Å². The number of hydrogen-bond donors (Lipinski definition) is 5. The van der Waals surface area contributed by atoms with Crippen LogP contribution in [0.5, 0.6) is 0 Å². The fourth-order valence-corrected chi connectivity index (χ4v) is 5.36. The molecule has 0 fully saturated rings. The highest BCUT2D eigenvalue weighted by molar-refractivity contribution is 7.85. The van der Waals surface area contributed by atoms with Crippen molar-refractivity contribution < 1.29 is 37.6 Å². The number of hydrogen-bond acceptors (Lipinski definition) is 6. The highest BCUT2D eigenvalue weighted by Crippen LogP contribution is 2.34. The molecule has 0 saturated heterocycles. The number of unbranched alkanes of at least 4 members (excludes halogenated alkanes) is 9. The normalized spacial score (nSPS) is 15.2. The van der Waals surface area contributed by atoms with Crippen molar-refractivity contribution in [3.05, 3.63) is 0 Å². The predicted octanol–water partition coefficient (Wildman–Crippen LogP) is 3.16. The monoisotopic (exact) mass is 511 g/mol. The lowest BCUT2D eigenvalue weighted by Crippen LogP contribution is -2.71. The van der Waals surface area contributed by atoms with E-state index < -0.39 is 33.5 Å². The van der Waals surface area contributed by atoms with E-state index in [4.69, 9.17) is 4.55 Å². The molecule has 0 aliphatic heterocycles. The molecule has 0 radical (unpaired) electrons. The number of quaternary nitrogens is 1. The Morgan fingerprint density at radius 3 is 1.85 bits per heavy atom. The van der Waals surface area contributed by atoms with Gasteiger partial charge in [-0.25, -0.2) is 4.79 Å². The zero-order chi connectivity index (χ0) is 26.1. The number of nitrogens with one attached hydrogen (secondary N) is 1. The van der Waals surface area contributed by atoms with Crippen molar-refractivity contribution in [2.45, 2.75) is 109 Å². The number of carboxylic acid groups (broad SMARTS) is 1.